The number of hydrogen-bond acceptors (Lipinski definition) is 2. The van der Waals surface area contributed by atoms with Gasteiger partial charge >= 0.3 is 0 Å². The van der Waals surface area contributed by atoms with Crippen molar-refractivity contribution in [1.82, 2.24) is 0 Å². The monoisotopic (exact) mass is 224 g/mol. The quantitative estimate of drug-likeness (QED) is 0.685. The summed E-state index contributed by atoms with van der Waals surface area (Å²) < 4.78 is 0. The molecule has 0 saturated heterocycles. The SMILES string of the molecule is CS(C)(C)C(=O)C1=CC/C=C\C#CC1O. The zero-order chi connectivity index (χ0) is 11.5. The molecular formula is C12H16O2S. The molecule has 0 aliphatic heterocycles. The molecule has 82 valence electrons. The van der Waals surface area contributed by atoms with Gasteiger partial charge in [0, 0.05) is 5.57 Å². The summed E-state index contributed by atoms with van der Waals surface area (Å²) in [5, 5.41) is 9.77. The van der Waals surface area contributed by atoms with Gasteiger partial charge in [0.05, 0.1) is 0 Å². The van der Waals surface area contributed by atoms with Gasteiger partial charge in [-0.05, 0) is 31.3 Å². The first-order valence-electron chi connectivity index (χ1n) is 4.70. The van der Waals surface area contributed by atoms with Gasteiger partial charge in [-0.2, -0.15) is 10.0 Å². The van der Waals surface area contributed by atoms with Crippen molar-refractivity contribution in [3.05, 3.63) is 23.8 Å². The lowest BCUT2D eigenvalue weighted by molar-refractivity contribution is -0.108. The summed E-state index contributed by atoms with van der Waals surface area (Å²) in [4.78, 5) is 12.0. The molecule has 0 saturated carbocycles. The molecule has 1 aliphatic carbocycles. The Hall–Kier alpha value is -0.980. The van der Waals surface area contributed by atoms with E-state index in [0.29, 0.717) is 12.0 Å². The van der Waals surface area contributed by atoms with Crippen molar-refractivity contribution >= 4 is 15.1 Å². The van der Waals surface area contributed by atoms with Gasteiger partial charge < -0.3 is 5.11 Å². The Kier molecular flexibility index (Phi) is 3.78. The van der Waals surface area contributed by atoms with Crippen LogP contribution in [0.1, 0.15) is 6.42 Å². The molecule has 1 N–H and O–H groups in total. The van der Waals surface area contributed by atoms with E-state index in [9.17, 15) is 9.90 Å². The van der Waals surface area contributed by atoms with Crippen LogP contribution in [0.5, 0.6) is 0 Å². The number of rotatable bonds is 1. The fraction of sp³-hybridized carbons (Fsp3) is 0.417. The van der Waals surface area contributed by atoms with Gasteiger partial charge in [0.25, 0.3) is 0 Å². The van der Waals surface area contributed by atoms with Crippen molar-refractivity contribution in [2.45, 2.75) is 12.5 Å². The third-order valence-corrected chi connectivity index (χ3v) is 3.33. The van der Waals surface area contributed by atoms with Gasteiger partial charge in [-0.1, -0.05) is 24.0 Å². The van der Waals surface area contributed by atoms with Crippen LogP contribution in [-0.4, -0.2) is 35.1 Å². The van der Waals surface area contributed by atoms with Crippen molar-refractivity contribution < 1.29 is 9.90 Å². The standard InChI is InChI=1S/C12H16O2S/c1-15(2,3)12(14)10-8-6-4-5-7-9-11(10)13/h4-5,8,11,13H,6H2,1-3H3/b5-4-,10-8?. The first kappa shape index (κ1) is 12.1. The van der Waals surface area contributed by atoms with Gasteiger partial charge in [0.15, 0.2) is 0 Å². The summed E-state index contributed by atoms with van der Waals surface area (Å²) in [6, 6.07) is 0. The fourth-order valence-electron chi connectivity index (χ4n) is 1.19. The van der Waals surface area contributed by atoms with E-state index in [1.165, 1.54) is 0 Å². The minimum Gasteiger partial charge on any atom is -0.376 e. The first-order valence-corrected chi connectivity index (χ1v) is 7.55. The predicted octanol–water partition coefficient (Wildman–Crippen LogP) is 1.46. The smallest absolute Gasteiger partial charge is 0.200 e. The molecule has 0 spiro atoms. The summed E-state index contributed by atoms with van der Waals surface area (Å²) in [7, 11) is -1.32. The Morgan fingerprint density at radius 1 is 1.53 bits per heavy atom. The van der Waals surface area contributed by atoms with Crippen LogP contribution in [0.25, 0.3) is 0 Å². The molecule has 1 unspecified atom stereocenters. The van der Waals surface area contributed by atoms with Crippen molar-refractivity contribution in [3.63, 3.8) is 0 Å². The minimum absolute atomic E-state index is 0.0413. The molecule has 0 heterocycles. The number of hydrogen-bond donors (Lipinski definition) is 1. The molecule has 2 nitrogen and oxygen atoms in total. The highest BCUT2D eigenvalue weighted by molar-refractivity contribution is 8.44. The lowest BCUT2D eigenvalue weighted by Gasteiger charge is -2.25. The second kappa shape index (κ2) is 4.69. The Morgan fingerprint density at radius 3 is 2.80 bits per heavy atom. The van der Waals surface area contributed by atoms with Crippen LogP contribution in [0.3, 0.4) is 0 Å². The lowest BCUT2D eigenvalue weighted by atomic mass is 10.1. The highest BCUT2D eigenvalue weighted by atomic mass is 32.3. The Morgan fingerprint density at radius 2 is 2.20 bits per heavy atom. The van der Waals surface area contributed by atoms with Crippen LogP contribution in [0.2, 0.25) is 0 Å². The van der Waals surface area contributed by atoms with Crippen molar-refractivity contribution in [1.29, 1.82) is 0 Å². The van der Waals surface area contributed by atoms with Crippen LogP contribution in [0.15, 0.2) is 23.8 Å². The number of aliphatic hydroxyl groups excluding tert-OH is 1. The fourth-order valence-corrected chi connectivity index (χ4v) is 2.09. The number of allylic oxidation sites excluding steroid dienone is 3. The van der Waals surface area contributed by atoms with E-state index in [1.807, 2.05) is 24.8 Å². The molecule has 1 atom stereocenters. The maximum atomic E-state index is 12.0. The molecule has 0 fully saturated rings. The van der Waals surface area contributed by atoms with E-state index in [1.54, 1.807) is 12.2 Å². The van der Waals surface area contributed by atoms with Crippen LogP contribution < -0.4 is 0 Å². The van der Waals surface area contributed by atoms with E-state index in [-0.39, 0.29) is 5.12 Å². The third kappa shape index (κ3) is 3.26. The number of carbonyl (C=O) groups is 1. The second-order valence-electron chi connectivity index (χ2n) is 4.11. The average Bonchev–Trinajstić information content (AvgIpc) is 2.10. The molecule has 1 aliphatic rings. The van der Waals surface area contributed by atoms with Gasteiger partial charge in [0.2, 0.25) is 5.12 Å². The summed E-state index contributed by atoms with van der Waals surface area (Å²) in [5.74, 6) is 5.34. The average molecular weight is 224 g/mol. The van der Waals surface area contributed by atoms with Crippen LogP contribution >= 0.6 is 10.0 Å². The molecule has 0 aromatic heterocycles. The maximum Gasteiger partial charge on any atom is 0.200 e. The summed E-state index contributed by atoms with van der Waals surface area (Å²) in [5.41, 5.74) is 0.453. The highest BCUT2D eigenvalue weighted by Crippen LogP contribution is 2.39. The molecule has 15 heavy (non-hydrogen) atoms. The molecule has 0 bridgehead atoms. The molecular weight excluding hydrogens is 208 g/mol. The van der Waals surface area contributed by atoms with Crippen LogP contribution in [0.4, 0.5) is 0 Å². The van der Waals surface area contributed by atoms with Crippen LogP contribution in [0, 0.1) is 11.8 Å². The molecule has 0 radical (unpaired) electrons. The Bertz CT molecular complexity index is 375. The largest absolute Gasteiger partial charge is 0.376 e. The normalized spacial score (nSPS) is 24.0. The molecule has 0 amide bonds. The van der Waals surface area contributed by atoms with Crippen molar-refractivity contribution in [2.75, 3.05) is 18.8 Å². The maximum absolute atomic E-state index is 12.0. The summed E-state index contributed by atoms with van der Waals surface area (Å²) in [6.45, 7) is 0. The Labute approximate surface area is 92.4 Å². The van der Waals surface area contributed by atoms with Crippen molar-refractivity contribution in [2.24, 2.45) is 0 Å². The first-order chi connectivity index (χ1) is 6.93. The lowest BCUT2D eigenvalue weighted by Crippen LogP contribution is -2.20. The molecule has 0 aromatic carbocycles. The van der Waals surface area contributed by atoms with E-state index >= 15 is 0 Å². The molecule has 3 heteroatoms. The molecule has 1 rings (SSSR count). The summed E-state index contributed by atoms with van der Waals surface area (Å²) in [6.07, 6.45) is 10.8. The van der Waals surface area contributed by atoms with E-state index < -0.39 is 16.1 Å². The zero-order valence-electron chi connectivity index (χ0n) is 9.28. The van der Waals surface area contributed by atoms with Crippen LogP contribution in [-0.2, 0) is 4.79 Å². The second-order valence-corrected chi connectivity index (χ2v) is 8.16. The highest BCUT2D eigenvalue weighted by Gasteiger charge is 2.24. The zero-order valence-corrected chi connectivity index (χ0v) is 10.1. The van der Waals surface area contributed by atoms with E-state index in [2.05, 4.69) is 11.8 Å². The predicted molar refractivity (Wildman–Crippen MR) is 66.0 cm³/mol. The van der Waals surface area contributed by atoms with Crippen molar-refractivity contribution in [3.8, 4) is 11.8 Å². The van der Waals surface area contributed by atoms with Gasteiger partial charge in [-0.3, -0.25) is 4.79 Å². The number of aliphatic hydroxyl groups is 1. The van der Waals surface area contributed by atoms with Gasteiger partial charge in [0.1, 0.15) is 6.10 Å². The number of carbonyl (C=O) groups excluding carboxylic acids is 1. The third-order valence-electron chi connectivity index (χ3n) is 1.98. The minimum atomic E-state index is -1.32. The topological polar surface area (TPSA) is 37.3 Å². The molecule has 0 aromatic rings. The summed E-state index contributed by atoms with van der Waals surface area (Å²) >= 11 is 0. The Balaban J connectivity index is 3.00. The van der Waals surface area contributed by atoms with E-state index in [0.717, 1.165) is 0 Å². The van der Waals surface area contributed by atoms with Gasteiger partial charge in [-0.25, -0.2) is 0 Å². The van der Waals surface area contributed by atoms with E-state index in [4.69, 9.17) is 0 Å². The van der Waals surface area contributed by atoms with Gasteiger partial charge in [-0.15, -0.1) is 0 Å².